The molecule has 1 aliphatic carbocycles. The van der Waals surface area contributed by atoms with Gasteiger partial charge in [-0.1, -0.05) is 49.4 Å². The van der Waals surface area contributed by atoms with Crippen LogP contribution in [-0.2, 0) is 24.0 Å². The number of alkyl halides is 3. The first-order valence-corrected chi connectivity index (χ1v) is 14.2. The first kappa shape index (κ1) is 30.2. The highest BCUT2D eigenvalue weighted by Gasteiger charge is 2.52. The highest BCUT2D eigenvalue weighted by Crippen LogP contribution is 2.42. The van der Waals surface area contributed by atoms with E-state index in [0.717, 1.165) is 11.6 Å². The second-order valence-electron chi connectivity index (χ2n) is 10.8. The number of fused-ring (bicyclic) bond motifs is 1. The topological polar surface area (TPSA) is 68.3 Å². The Morgan fingerprint density at radius 3 is 2.60 bits per heavy atom. The molecule has 7 nitrogen and oxygen atoms in total. The molecule has 2 aliphatic heterocycles. The van der Waals surface area contributed by atoms with Crippen molar-refractivity contribution in [3.8, 4) is 0 Å². The van der Waals surface area contributed by atoms with Gasteiger partial charge in [0.25, 0.3) is 0 Å². The zero-order chi connectivity index (χ0) is 30.0. The van der Waals surface area contributed by atoms with E-state index in [1.165, 1.54) is 36.3 Å². The lowest BCUT2D eigenvalue weighted by molar-refractivity contribution is -0.138. The van der Waals surface area contributed by atoms with Crippen LogP contribution in [0, 0.1) is 5.82 Å². The van der Waals surface area contributed by atoms with Crippen molar-refractivity contribution in [2.24, 2.45) is 0 Å². The van der Waals surface area contributed by atoms with E-state index >= 15 is 4.39 Å². The largest absolute Gasteiger partial charge is 0.416 e. The van der Waals surface area contributed by atoms with Gasteiger partial charge in [-0.2, -0.15) is 13.2 Å². The lowest BCUT2D eigenvalue weighted by Crippen LogP contribution is -2.43. The summed E-state index contributed by atoms with van der Waals surface area (Å²) in [5, 5.41) is 12.8. The second-order valence-corrected chi connectivity index (χ2v) is 10.8. The number of halogens is 4. The second kappa shape index (κ2) is 12.5. The number of amides is 2. The molecule has 0 bridgehead atoms. The SMILES string of the molecule is CCN(CCO)Cc1cccc(F)c1C1CNC[C@@H]1N1C(=O)N(Cc2ccccc2C(F)(F)F)C2C1=CC=CC2OC. The fourth-order valence-electron chi connectivity index (χ4n) is 6.49. The van der Waals surface area contributed by atoms with Crippen LogP contribution in [0.1, 0.15) is 35.1 Å². The van der Waals surface area contributed by atoms with Gasteiger partial charge >= 0.3 is 12.2 Å². The Kier molecular flexibility index (Phi) is 9.03. The third kappa shape index (κ3) is 5.70. The Morgan fingerprint density at radius 2 is 1.88 bits per heavy atom. The summed E-state index contributed by atoms with van der Waals surface area (Å²) in [5.74, 6) is -0.786. The molecule has 0 saturated carbocycles. The third-order valence-corrected chi connectivity index (χ3v) is 8.47. The standard InChI is InChI=1S/C31H36F4N4O3/c1-3-37(14-15-40)18-21-9-6-11-24(32)28(21)22-16-36-17-26(22)39-25-12-7-13-27(42-2)29(25)38(30(39)41)19-20-8-4-5-10-23(20)31(33,34)35/h4-13,22,26-27,29,36,40H,3,14-19H2,1-2H3/t22?,26-,27?,29?/m0/s1. The average Bonchev–Trinajstić information content (AvgIpc) is 3.54. The van der Waals surface area contributed by atoms with Crippen molar-refractivity contribution < 1.29 is 32.2 Å². The number of aliphatic hydroxyl groups excluding tert-OH is 1. The van der Waals surface area contributed by atoms with Gasteiger partial charge in [-0.3, -0.25) is 9.80 Å². The summed E-state index contributed by atoms with van der Waals surface area (Å²) in [5.41, 5.74) is 1.09. The Labute approximate surface area is 243 Å². The molecule has 2 aromatic rings. The zero-order valence-electron chi connectivity index (χ0n) is 23.6. The summed E-state index contributed by atoms with van der Waals surface area (Å²) < 4.78 is 62.9. The van der Waals surface area contributed by atoms with Crippen LogP contribution in [0.25, 0.3) is 0 Å². The number of ether oxygens (including phenoxy) is 1. The molecule has 4 atom stereocenters. The van der Waals surface area contributed by atoms with E-state index in [4.69, 9.17) is 4.74 Å². The Hall–Kier alpha value is -3.25. The van der Waals surface area contributed by atoms with E-state index in [0.29, 0.717) is 44.0 Å². The van der Waals surface area contributed by atoms with Gasteiger partial charge in [0.1, 0.15) is 18.0 Å². The zero-order valence-corrected chi connectivity index (χ0v) is 23.6. The Morgan fingerprint density at radius 1 is 1.12 bits per heavy atom. The molecular formula is C31H36F4N4O3. The summed E-state index contributed by atoms with van der Waals surface area (Å²) in [6.45, 7) is 4.04. The summed E-state index contributed by atoms with van der Waals surface area (Å²) in [7, 11) is 1.50. The van der Waals surface area contributed by atoms with E-state index < -0.39 is 41.9 Å². The lowest BCUT2D eigenvalue weighted by atomic mass is 9.88. The smallest absolute Gasteiger partial charge is 0.395 e. The van der Waals surface area contributed by atoms with Gasteiger partial charge < -0.3 is 20.1 Å². The molecule has 3 aliphatic rings. The van der Waals surface area contributed by atoms with Crippen LogP contribution in [0.3, 0.4) is 0 Å². The quantitative estimate of drug-likeness (QED) is 0.401. The van der Waals surface area contributed by atoms with Crippen LogP contribution in [0.4, 0.5) is 22.4 Å². The fraction of sp³-hybridized carbons (Fsp3) is 0.452. The van der Waals surface area contributed by atoms with Crippen LogP contribution in [0.5, 0.6) is 0 Å². The number of carbonyl (C=O) groups excluding carboxylic acids is 1. The van der Waals surface area contributed by atoms with Gasteiger partial charge in [-0.25, -0.2) is 9.18 Å². The summed E-state index contributed by atoms with van der Waals surface area (Å²) >= 11 is 0. The van der Waals surface area contributed by atoms with Crippen LogP contribution >= 0.6 is 0 Å². The molecule has 0 aromatic heterocycles. The van der Waals surface area contributed by atoms with Gasteiger partial charge in [0.05, 0.1) is 18.2 Å². The highest BCUT2D eigenvalue weighted by atomic mass is 19.4. The maximum Gasteiger partial charge on any atom is 0.416 e. The number of hydrogen-bond donors (Lipinski definition) is 2. The molecule has 2 heterocycles. The van der Waals surface area contributed by atoms with Crippen molar-refractivity contribution in [3.63, 3.8) is 0 Å². The first-order chi connectivity index (χ1) is 20.2. The van der Waals surface area contributed by atoms with Crippen molar-refractivity contribution in [2.75, 3.05) is 39.9 Å². The van der Waals surface area contributed by atoms with Crippen molar-refractivity contribution in [1.29, 1.82) is 0 Å². The summed E-state index contributed by atoms with van der Waals surface area (Å²) in [4.78, 5) is 19.3. The van der Waals surface area contributed by atoms with Gasteiger partial charge in [-0.05, 0) is 41.4 Å². The molecule has 5 rings (SSSR count). The number of aliphatic hydroxyl groups is 1. The molecule has 2 amide bonds. The highest BCUT2D eigenvalue weighted by molar-refractivity contribution is 5.82. The van der Waals surface area contributed by atoms with E-state index in [1.807, 2.05) is 17.9 Å². The number of likely N-dealkylation sites (N-methyl/N-ethyl adjacent to an activating group) is 1. The molecule has 0 spiro atoms. The van der Waals surface area contributed by atoms with E-state index in [2.05, 4.69) is 5.32 Å². The van der Waals surface area contributed by atoms with Crippen molar-refractivity contribution >= 4 is 6.03 Å². The van der Waals surface area contributed by atoms with E-state index in [9.17, 15) is 23.1 Å². The number of urea groups is 1. The van der Waals surface area contributed by atoms with Crippen molar-refractivity contribution in [1.82, 2.24) is 20.0 Å². The summed E-state index contributed by atoms with van der Waals surface area (Å²) in [6, 6.07) is 8.64. The normalized spacial score (nSPS) is 24.1. The van der Waals surface area contributed by atoms with Gasteiger partial charge in [0, 0.05) is 51.4 Å². The maximum absolute atomic E-state index is 15.6. The predicted octanol–water partition coefficient (Wildman–Crippen LogP) is 4.49. The number of methoxy groups -OCH3 is 1. The van der Waals surface area contributed by atoms with Crippen LogP contribution in [0.2, 0.25) is 0 Å². The number of hydrogen-bond acceptors (Lipinski definition) is 5. The molecule has 11 heteroatoms. The molecule has 0 radical (unpaired) electrons. The molecule has 2 aromatic carbocycles. The predicted molar refractivity (Wildman–Crippen MR) is 150 cm³/mol. The average molecular weight is 589 g/mol. The molecular weight excluding hydrogens is 552 g/mol. The monoisotopic (exact) mass is 588 g/mol. The van der Waals surface area contributed by atoms with Crippen molar-refractivity contribution in [3.05, 3.63) is 94.5 Å². The van der Waals surface area contributed by atoms with E-state index in [1.54, 1.807) is 29.2 Å². The van der Waals surface area contributed by atoms with E-state index in [-0.39, 0.29) is 24.5 Å². The van der Waals surface area contributed by atoms with Crippen LogP contribution in [0.15, 0.2) is 66.4 Å². The third-order valence-electron chi connectivity index (χ3n) is 8.47. The number of carbonyl (C=O) groups is 1. The molecule has 2 N–H and O–H groups in total. The minimum atomic E-state index is -4.57. The van der Waals surface area contributed by atoms with Crippen LogP contribution in [-0.4, -0.2) is 83.9 Å². The number of nitrogens with one attached hydrogen (secondary N) is 1. The Balaban J connectivity index is 1.53. The van der Waals surface area contributed by atoms with Crippen LogP contribution < -0.4 is 5.32 Å². The first-order valence-electron chi connectivity index (χ1n) is 14.2. The molecule has 2 saturated heterocycles. The number of nitrogens with zero attached hydrogens (tertiary/aromatic N) is 3. The Bertz CT molecular complexity index is 1350. The molecule has 3 unspecified atom stereocenters. The van der Waals surface area contributed by atoms with Gasteiger partial charge in [0.2, 0.25) is 0 Å². The summed E-state index contributed by atoms with van der Waals surface area (Å²) in [6.07, 6.45) is 0.228. The minimum absolute atomic E-state index is 0.00927. The molecule has 42 heavy (non-hydrogen) atoms. The fourth-order valence-corrected chi connectivity index (χ4v) is 6.49. The minimum Gasteiger partial charge on any atom is -0.395 e. The number of rotatable bonds is 10. The molecule has 226 valence electrons. The lowest BCUT2D eigenvalue weighted by Gasteiger charge is -2.33. The van der Waals surface area contributed by atoms with Gasteiger partial charge in [-0.15, -0.1) is 0 Å². The van der Waals surface area contributed by atoms with Crippen molar-refractivity contribution in [2.45, 2.75) is 50.3 Å². The number of benzene rings is 2. The van der Waals surface area contributed by atoms with Gasteiger partial charge in [0.15, 0.2) is 0 Å². The molecule has 2 fully saturated rings. The number of allylic oxidation sites excluding steroid dienone is 2. The maximum atomic E-state index is 15.6.